The molecule has 4 heteroatoms. The number of fused-ring (bicyclic) bond motifs is 1. The van der Waals surface area contributed by atoms with E-state index in [9.17, 15) is 0 Å². The van der Waals surface area contributed by atoms with Crippen molar-refractivity contribution in [2.75, 3.05) is 7.05 Å². The molecule has 0 fully saturated rings. The van der Waals surface area contributed by atoms with Crippen LogP contribution in [0.1, 0.15) is 17.4 Å². The highest BCUT2D eigenvalue weighted by Crippen LogP contribution is 2.29. The van der Waals surface area contributed by atoms with Gasteiger partial charge in [0.15, 0.2) is 0 Å². The van der Waals surface area contributed by atoms with Crippen LogP contribution in [-0.4, -0.2) is 7.05 Å². The van der Waals surface area contributed by atoms with Crippen molar-refractivity contribution in [3.63, 3.8) is 0 Å². The summed E-state index contributed by atoms with van der Waals surface area (Å²) in [7, 11) is 1.92. The van der Waals surface area contributed by atoms with Gasteiger partial charge in [-0.15, -0.1) is 0 Å². The monoisotopic (exact) mass is 319 g/mol. The summed E-state index contributed by atoms with van der Waals surface area (Å²) in [5.41, 5.74) is 1.94. The Balaban J connectivity index is 1.90. The lowest BCUT2D eigenvalue weighted by atomic mass is 10.0. The SMILES string of the molecule is CNC(Cc1ccc(Cl)cc1Cl)c1cc2ccccc2o1. The van der Waals surface area contributed by atoms with Crippen molar-refractivity contribution in [2.24, 2.45) is 0 Å². The summed E-state index contributed by atoms with van der Waals surface area (Å²) in [6, 6.07) is 15.7. The third-order valence-corrected chi connectivity index (χ3v) is 4.16. The summed E-state index contributed by atoms with van der Waals surface area (Å²) in [6.45, 7) is 0. The average Bonchev–Trinajstić information content (AvgIpc) is 2.90. The lowest BCUT2D eigenvalue weighted by Gasteiger charge is -2.14. The largest absolute Gasteiger partial charge is 0.459 e. The van der Waals surface area contributed by atoms with Crippen molar-refractivity contribution < 1.29 is 4.42 Å². The summed E-state index contributed by atoms with van der Waals surface area (Å²) >= 11 is 12.2. The minimum absolute atomic E-state index is 0.0658. The van der Waals surface area contributed by atoms with E-state index in [0.717, 1.165) is 28.7 Å². The fraction of sp³-hybridized carbons (Fsp3) is 0.176. The summed E-state index contributed by atoms with van der Waals surface area (Å²) in [6.07, 6.45) is 0.742. The number of nitrogens with one attached hydrogen (secondary N) is 1. The molecule has 0 bridgehead atoms. The molecule has 1 aromatic heterocycles. The second-order valence-electron chi connectivity index (χ2n) is 4.97. The van der Waals surface area contributed by atoms with Gasteiger partial charge in [-0.2, -0.15) is 0 Å². The van der Waals surface area contributed by atoms with E-state index in [-0.39, 0.29) is 6.04 Å². The van der Waals surface area contributed by atoms with Crippen LogP contribution in [-0.2, 0) is 6.42 Å². The predicted molar refractivity (Wildman–Crippen MR) is 88.2 cm³/mol. The van der Waals surface area contributed by atoms with Gasteiger partial charge in [0.1, 0.15) is 11.3 Å². The van der Waals surface area contributed by atoms with Crippen LogP contribution in [0.3, 0.4) is 0 Å². The second-order valence-corrected chi connectivity index (χ2v) is 5.81. The smallest absolute Gasteiger partial charge is 0.134 e. The van der Waals surface area contributed by atoms with Crippen molar-refractivity contribution in [1.82, 2.24) is 5.32 Å². The first kappa shape index (κ1) is 14.5. The van der Waals surface area contributed by atoms with E-state index in [1.54, 1.807) is 6.07 Å². The van der Waals surface area contributed by atoms with Crippen molar-refractivity contribution >= 4 is 34.2 Å². The van der Waals surface area contributed by atoms with Crippen molar-refractivity contribution in [3.8, 4) is 0 Å². The summed E-state index contributed by atoms with van der Waals surface area (Å²) < 4.78 is 5.93. The quantitative estimate of drug-likeness (QED) is 0.711. The molecule has 0 saturated carbocycles. The molecule has 0 aliphatic carbocycles. The highest BCUT2D eigenvalue weighted by Gasteiger charge is 2.16. The van der Waals surface area contributed by atoms with Gasteiger partial charge in [-0.25, -0.2) is 0 Å². The van der Waals surface area contributed by atoms with Gasteiger partial charge < -0.3 is 9.73 Å². The first-order valence-electron chi connectivity index (χ1n) is 6.77. The van der Waals surface area contributed by atoms with Crippen LogP contribution < -0.4 is 5.32 Å². The molecule has 1 N–H and O–H groups in total. The lowest BCUT2D eigenvalue weighted by Crippen LogP contribution is -2.18. The fourth-order valence-electron chi connectivity index (χ4n) is 2.43. The van der Waals surface area contributed by atoms with Gasteiger partial charge in [0.2, 0.25) is 0 Å². The van der Waals surface area contributed by atoms with Gasteiger partial charge in [0.05, 0.1) is 6.04 Å². The molecule has 0 aliphatic heterocycles. The first-order chi connectivity index (χ1) is 10.2. The maximum absolute atomic E-state index is 6.25. The number of hydrogen-bond acceptors (Lipinski definition) is 2. The molecular formula is C17H15Cl2NO. The number of furan rings is 1. The Labute approximate surface area is 133 Å². The standard InChI is InChI=1S/C17H15Cl2NO/c1-20-15(8-11-6-7-13(18)10-14(11)19)17-9-12-4-2-3-5-16(12)21-17/h2-7,9-10,15,20H,8H2,1H3. The van der Waals surface area contributed by atoms with Gasteiger partial charge in [-0.05, 0) is 43.3 Å². The molecule has 1 unspecified atom stereocenters. The first-order valence-corrected chi connectivity index (χ1v) is 7.52. The number of rotatable bonds is 4. The van der Waals surface area contributed by atoms with Gasteiger partial charge in [-0.1, -0.05) is 47.5 Å². The zero-order chi connectivity index (χ0) is 14.8. The summed E-state index contributed by atoms with van der Waals surface area (Å²) in [5, 5.41) is 5.72. The Morgan fingerprint density at radius 1 is 1.10 bits per heavy atom. The number of benzene rings is 2. The number of likely N-dealkylation sites (N-methyl/N-ethyl adjacent to an activating group) is 1. The van der Waals surface area contributed by atoms with Gasteiger partial charge in [0.25, 0.3) is 0 Å². The molecule has 3 rings (SSSR count). The fourth-order valence-corrected chi connectivity index (χ4v) is 2.91. The maximum Gasteiger partial charge on any atom is 0.134 e. The molecule has 21 heavy (non-hydrogen) atoms. The van der Waals surface area contributed by atoms with Crippen LogP contribution in [0, 0.1) is 0 Å². The molecule has 0 saturated heterocycles. The zero-order valence-corrected chi connectivity index (χ0v) is 13.1. The third kappa shape index (κ3) is 3.08. The minimum Gasteiger partial charge on any atom is -0.459 e. The molecular weight excluding hydrogens is 305 g/mol. The molecule has 0 radical (unpaired) electrons. The Morgan fingerprint density at radius 3 is 2.62 bits per heavy atom. The Kier molecular flexibility index (Phi) is 4.20. The number of halogens is 2. The predicted octanol–water partition coefficient (Wildman–Crippen LogP) is 5.24. The van der Waals surface area contributed by atoms with Crippen LogP contribution in [0.15, 0.2) is 52.9 Å². The van der Waals surface area contributed by atoms with Crippen LogP contribution in [0.25, 0.3) is 11.0 Å². The normalized spacial score (nSPS) is 12.7. The number of para-hydroxylation sites is 1. The lowest BCUT2D eigenvalue weighted by molar-refractivity contribution is 0.451. The maximum atomic E-state index is 6.25. The van der Waals surface area contributed by atoms with Crippen LogP contribution in [0.5, 0.6) is 0 Å². The van der Waals surface area contributed by atoms with Crippen LogP contribution in [0.2, 0.25) is 10.0 Å². The summed E-state index contributed by atoms with van der Waals surface area (Å²) in [5.74, 6) is 0.907. The molecule has 108 valence electrons. The van der Waals surface area contributed by atoms with E-state index in [1.807, 2.05) is 43.4 Å². The van der Waals surface area contributed by atoms with E-state index >= 15 is 0 Å². The molecule has 2 nitrogen and oxygen atoms in total. The molecule has 1 atom stereocenters. The van der Waals surface area contributed by atoms with Crippen LogP contribution >= 0.6 is 23.2 Å². The van der Waals surface area contributed by atoms with E-state index in [2.05, 4.69) is 11.4 Å². The highest BCUT2D eigenvalue weighted by molar-refractivity contribution is 6.35. The minimum atomic E-state index is 0.0658. The Hall–Kier alpha value is -1.48. The van der Waals surface area contributed by atoms with E-state index < -0.39 is 0 Å². The highest BCUT2D eigenvalue weighted by atomic mass is 35.5. The van der Waals surface area contributed by atoms with Crippen molar-refractivity contribution in [2.45, 2.75) is 12.5 Å². The molecule has 0 amide bonds. The Bertz CT molecular complexity index is 733. The van der Waals surface area contributed by atoms with Gasteiger partial charge >= 0.3 is 0 Å². The van der Waals surface area contributed by atoms with E-state index in [0.29, 0.717) is 10.0 Å². The van der Waals surface area contributed by atoms with E-state index in [4.69, 9.17) is 27.6 Å². The molecule has 0 aliphatic rings. The molecule has 2 aromatic carbocycles. The average molecular weight is 320 g/mol. The molecule has 1 heterocycles. The van der Waals surface area contributed by atoms with Gasteiger partial charge in [-0.3, -0.25) is 0 Å². The number of hydrogen-bond donors (Lipinski definition) is 1. The zero-order valence-electron chi connectivity index (χ0n) is 11.6. The van der Waals surface area contributed by atoms with Crippen LogP contribution in [0.4, 0.5) is 0 Å². The van der Waals surface area contributed by atoms with Crippen molar-refractivity contribution in [3.05, 3.63) is 69.9 Å². The van der Waals surface area contributed by atoms with Crippen molar-refractivity contribution in [1.29, 1.82) is 0 Å². The van der Waals surface area contributed by atoms with Gasteiger partial charge in [0, 0.05) is 15.4 Å². The second kappa shape index (κ2) is 6.10. The summed E-state index contributed by atoms with van der Waals surface area (Å²) in [4.78, 5) is 0. The van der Waals surface area contributed by atoms with E-state index in [1.165, 1.54) is 0 Å². The molecule has 0 spiro atoms. The topological polar surface area (TPSA) is 25.2 Å². The molecule has 3 aromatic rings. The Morgan fingerprint density at radius 2 is 1.90 bits per heavy atom. The third-order valence-electron chi connectivity index (χ3n) is 3.58.